The molecule has 2 heterocycles. The Morgan fingerprint density at radius 3 is 2.32 bits per heavy atom. The number of nitrogens with two attached hydrogens (primary N) is 1. The van der Waals surface area contributed by atoms with Crippen LogP contribution in [-0.4, -0.2) is 44.4 Å². The molecule has 0 fully saturated rings. The van der Waals surface area contributed by atoms with Gasteiger partial charge in [0, 0.05) is 0 Å². The van der Waals surface area contributed by atoms with E-state index >= 15 is 0 Å². The summed E-state index contributed by atoms with van der Waals surface area (Å²) in [6.07, 6.45) is 1.67. The lowest BCUT2D eigenvalue weighted by Gasteiger charge is -2.27. The number of rotatable bonds is 7. The first-order chi connectivity index (χ1) is 17.8. The van der Waals surface area contributed by atoms with E-state index in [-0.39, 0.29) is 28.2 Å². The average Bonchev–Trinajstić information content (AvgIpc) is 3.23. The lowest BCUT2D eigenvalue weighted by molar-refractivity contribution is -0.138. The predicted molar refractivity (Wildman–Crippen MR) is 140 cm³/mol. The maximum absolute atomic E-state index is 13.6. The molecule has 0 spiro atoms. The van der Waals surface area contributed by atoms with Crippen LogP contribution >= 0.6 is 11.3 Å². The second-order valence-electron chi connectivity index (χ2n) is 7.97. The van der Waals surface area contributed by atoms with Crippen molar-refractivity contribution in [1.82, 2.24) is 4.57 Å². The number of carbonyl (C=O) groups excluding carboxylic acids is 2. The first-order valence-corrected chi connectivity index (χ1v) is 12.2. The SMILES string of the molecule is CCOC(=O)C1=C(N)n2c(s/c(=C/c3cccc(OC)c3)c2=O)=C(C(=O)OC)[C@H]1c1cccc(OC)c1. The minimum atomic E-state index is -0.954. The van der Waals surface area contributed by atoms with Gasteiger partial charge >= 0.3 is 11.9 Å². The molecule has 192 valence electrons. The molecule has 9 nitrogen and oxygen atoms in total. The van der Waals surface area contributed by atoms with Crippen LogP contribution in [0.2, 0.25) is 0 Å². The summed E-state index contributed by atoms with van der Waals surface area (Å²) in [4.78, 5) is 40.0. The Morgan fingerprint density at radius 1 is 1.00 bits per heavy atom. The first kappa shape index (κ1) is 25.8. The fourth-order valence-corrected chi connectivity index (χ4v) is 5.37. The molecule has 37 heavy (non-hydrogen) atoms. The lowest BCUT2D eigenvalue weighted by Crippen LogP contribution is -2.41. The quantitative estimate of drug-likeness (QED) is 0.465. The Labute approximate surface area is 216 Å². The second-order valence-corrected chi connectivity index (χ2v) is 9.00. The summed E-state index contributed by atoms with van der Waals surface area (Å²) in [5, 5.41) is 0. The summed E-state index contributed by atoms with van der Waals surface area (Å²) in [6.45, 7) is 1.74. The van der Waals surface area contributed by atoms with Crippen LogP contribution in [0.3, 0.4) is 0 Å². The largest absolute Gasteiger partial charge is 0.497 e. The molecule has 0 bridgehead atoms. The highest BCUT2D eigenvalue weighted by Crippen LogP contribution is 2.38. The number of fused-ring (bicyclic) bond motifs is 1. The van der Waals surface area contributed by atoms with Crippen molar-refractivity contribution in [1.29, 1.82) is 0 Å². The van der Waals surface area contributed by atoms with Crippen molar-refractivity contribution < 1.29 is 28.5 Å². The van der Waals surface area contributed by atoms with E-state index in [0.29, 0.717) is 27.2 Å². The molecule has 0 saturated heterocycles. The minimum absolute atomic E-state index is 0.0316. The van der Waals surface area contributed by atoms with Crippen molar-refractivity contribution in [2.75, 3.05) is 27.9 Å². The molecule has 0 amide bonds. The van der Waals surface area contributed by atoms with E-state index in [4.69, 9.17) is 24.7 Å². The Kier molecular flexibility index (Phi) is 7.49. The van der Waals surface area contributed by atoms with Gasteiger partial charge < -0.3 is 24.7 Å². The van der Waals surface area contributed by atoms with Crippen molar-refractivity contribution >= 4 is 40.7 Å². The number of aromatic nitrogens is 1. The molecule has 3 aromatic rings. The topological polar surface area (TPSA) is 119 Å². The van der Waals surface area contributed by atoms with Gasteiger partial charge in [0.1, 0.15) is 22.0 Å². The van der Waals surface area contributed by atoms with Gasteiger partial charge in [0.25, 0.3) is 5.56 Å². The fraction of sp³-hybridized carbons (Fsp3) is 0.222. The lowest BCUT2D eigenvalue weighted by atomic mass is 9.83. The highest BCUT2D eigenvalue weighted by molar-refractivity contribution is 7.07. The maximum atomic E-state index is 13.6. The molecular formula is C27H26N2O7S. The zero-order valence-corrected chi connectivity index (χ0v) is 21.6. The van der Waals surface area contributed by atoms with Crippen molar-refractivity contribution in [3.05, 3.63) is 84.8 Å². The number of methoxy groups -OCH3 is 3. The van der Waals surface area contributed by atoms with Crippen LogP contribution in [0.15, 0.2) is 58.9 Å². The number of hydrogen-bond acceptors (Lipinski definition) is 9. The zero-order valence-electron chi connectivity index (χ0n) is 20.8. The van der Waals surface area contributed by atoms with E-state index in [2.05, 4.69) is 0 Å². The van der Waals surface area contributed by atoms with E-state index in [1.165, 1.54) is 18.8 Å². The molecule has 1 aliphatic heterocycles. The van der Waals surface area contributed by atoms with Crippen LogP contribution in [0.25, 0.3) is 17.5 Å². The minimum Gasteiger partial charge on any atom is -0.497 e. The molecule has 1 atom stereocenters. The molecule has 2 N–H and O–H groups in total. The van der Waals surface area contributed by atoms with Gasteiger partial charge in [-0.05, 0) is 48.4 Å². The molecule has 4 rings (SSSR count). The van der Waals surface area contributed by atoms with Gasteiger partial charge in [-0.3, -0.25) is 9.36 Å². The second kappa shape index (κ2) is 10.8. The summed E-state index contributed by atoms with van der Waals surface area (Å²) in [6, 6.07) is 14.1. The summed E-state index contributed by atoms with van der Waals surface area (Å²) >= 11 is 1.08. The van der Waals surface area contributed by atoms with Crippen LogP contribution in [0, 0.1) is 0 Å². The van der Waals surface area contributed by atoms with Crippen LogP contribution < -0.4 is 30.0 Å². The van der Waals surface area contributed by atoms with Crippen molar-refractivity contribution in [2.45, 2.75) is 12.8 Å². The smallest absolute Gasteiger partial charge is 0.338 e. The Bertz CT molecular complexity index is 1580. The number of carbonyl (C=O) groups is 2. The van der Waals surface area contributed by atoms with Gasteiger partial charge in [0.15, 0.2) is 0 Å². The number of ether oxygens (including phenoxy) is 4. The molecule has 1 aliphatic rings. The zero-order chi connectivity index (χ0) is 26.7. The monoisotopic (exact) mass is 522 g/mol. The van der Waals surface area contributed by atoms with E-state index in [1.54, 1.807) is 62.6 Å². The molecule has 1 aromatic heterocycles. The molecule has 0 radical (unpaired) electrons. The number of benzene rings is 2. The molecular weight excluding hydrogens is 496 g/mol. The summed E-state index contributed by atoms with van der Waals surface area (Å²) in [7, 11) is 4.30. The maximum Gasteiger partial charge on any atom is 0.338 e. The van der Waals surface area contributed by atoms with Crippen LogP contribution in [0.4, 0.5) is 0 Å². The summed E-state index contributed by atoms with van der Waals surface area (Å²) in [5.41, 5.74) is 7.35. The van der Waals surface area contributed by atoms with E-state index in [9.17, 15) is 14.4 Å². The van der Waals surface area contributed by atoms with Crippen LogP contribution in [-0.2, 0) is 19.1 Å². The van der Waals surface area contributed by atoms with E-state index < -0.39 is 23.4 Å². The first-order valence-electron chi connectivity index (χ1n) is 11.4. The van der Waals surface area contributed by atoms with E-state index in [1.807, 2.05) is 6.07 Å². The van der Waals surface area contributed by atoms with Gasteiger partial charge in [-0.15, -0.1) is 11.3 Å². The van der Waals surface area contributed by atoms with Gasteiger partial charge in [0.2, 0.25) is 0 Å². The van der Waals surface area contributed by atoms with Gasteiger partial charge in [-0.2, -0.15) is 0 Å². The molecule has 0 saturated carbocycles. The Balaban J connectivity index is 2.10. The van der Waals surface area contributed by atoms with Crippen LogP contribution in [0.1, 0.15) is 24.0 Å². The van der Waals surface area contributed by atoms with Crippen molar-refractivity contribution in [3.8, 4) is 11.5 Å². The molecule has 0 aliphatic carbocycles. The highest BCUT2D eigenvalue weighted by atomic mass is 32.1. The summed E-state index contributed by atoms with van der Waals surface area (Å²) < 4.78 is 22.8. The number of thiazole rings is 1. The third kappa shape index (κ3) is 4.75. The third-order valence-corrected chi connectivity index (χ3v) is 6.98. The van der Waals surface area contributed by atoms with E-state index in [0.717, 1.165) is 11.3 Å². The average molecular weight is 523 g/mol. The standard InChI is InChI=1S/C27H26N2O7S/c1-5-36-27(32)21-20(16-9-7-11-18(14-16)34-3)22(26(31)35-4)25-29(23(21)28)24(30)19(37-25)13-15-8-6-10-17(12-15)33-2/h6-14,20H,5,28H2,1-4H3/b19-13+/t20-/m0/s1. The van der Waals surface area contributed by atoms with Gasteiger partial charge in [-0.25, -0.2) is 9.59 Å². The number of esters is 2. The molecule has 0 unspecified atom stereocenters. The molecule has 2 aromatic carbocycles. The fourth-order valence-electron chi connectivity index (χ4n) is 4.20. The third-order valence-electron chi connectivity index (χ3n) is 5.87. The summed E-state index contributed by atoms with van der Waals surface area (Å²) in [5.74, 6) is -1.37. The van der Waals surface area contributed by atoms with Gasteiger partial charge in [0.05, 0.1) is 49.5 Å². The van der Waals surface area contributed by atoms with Crippen molar-refractivity contribution in [3.63, 3.8) is 0 Å². The molecule has 10 heteroatoms. The number of hydrogen-bond donors (Lipinski definition) is 1. The van der Waals surface area contributed by atoms with Crippen LogP contribution in [0.5, 0.6) is 11.5 Å². The Hall–Kier alpha value is -4.31. The number of nitrogens with zero attached hydrogens (tertiary/aromatic N) is 1. The normalized spacial score (nSPS) is 15.3. The predicted octanol–water partition coefficient (Wildman–Crippen LogP) is 1.57. The van der Waals surface area contributed by atoms with Crippen molar-refractivity contribution in [2.24, 2.45) is 5.73 Å². The highest BCUT2D eigenvalue weighted by Gasteiger charge is 2.39. The van der Waals surface area contributed by atoms with Gasteiger partial charge in [-0.1, -0.05) is 24.3 Å². The Morgan fingerprint density at radius 2 is 1.68 bits per heavy atom.